The van der Waals surface area contributed by atoms with Gasteiger partial charge in [-0.25, -0.2) is 19.4 Å². The first-order valence-electron chi connectivity index (χ1n) is 6.60. The quantitative estimate of drug-likeness (QED) is 0.434. The molecule has 5 heteroatoms. The molecule has 0 unspecified atom stereocenters. The van der Waals surface area contributed by atoms with E-state index in [0.29, 0.717) is 22.2 Å². The van der Waals surface area contributed by atoms with Crippen molar-refractivity contribution in [2.24, 2.45) is 0 Å². The van der Waals surface area contributed by atoms with E-state index in [1.165, 1.54) is 6.33 Å². The van der Waals surface area contributed by atoms with Crippen molar-refractivity contribution in [3.8, 4) is 0 Å². The molecule has 0 saturated carbocycles. The lowest BCUT2D eigenvalue weighted by atomic mass is 10.0. The molecule has 2 aromatic carbocycles. The summed E-state index contributed by atoms with van der Waals surface area (Å²) in [5, 5.41) is 3.65. The molecule has 0 aliphatic rings. The monoisotopic (exact) mass is 272 g/mol. The first kappa shape index (κ1) is 10.7. The van der Waals surface area contributed by atoms with Crippen LogP contribution in [0.15, 0.2) is 53.7 Å². The van der Waals surface area contributed by atoms with E-state index < -0.39 is 0 Å². The molecule has 0 saturated heterocycles. The first-order valence-corrected chi connectivity index (χ1v) is 6.60. The summed E-state index contributed by atoms with van der Waals surface area (Å²) in [6.07, 6.45) is 3.07. The van der Waals surface area contributed by atoms with Gasteiger partial charge in [-0.3, -0.25) is 4.79 Å². The number of aromatic nitrogens is 4. The largest absolute Gasteiger partial charge is 0.268 e. The Morgan fingerprint density at radius 3 is 2.62 bits per heavy atom. The molecule has 0 radical (unpaired) electrons. The topological polar surface area (TPSA) is 60.2 Å². The van der Waals surface area contributed by atoms with Gasteiger partial charge in [0.15, 0.2) is 5.65 Å². The van der Waals surface area contributed by atoms with E-state index in [1.54, 1.807) is 10.6 Å². The Kier molecular flexibility index (Phi) is 1.79. The standard InChI is InChI=1S/C16H8N4O/c21-16-11-6-2-4-9-3-1-5-10(13(9)11)14-19-12-7-17-8-18-15(12)20(14)16/h1-8H. The van der Waals surface area contributed by atoms with Crippen molar-refractivity contribution in [3.63, 3.8) is 0 Å². The van der Waals surface area contributed by atoms with Crippen LogP contribution in [-0.2, 0) is 0 Å². The van der Waals surface area contributed by atoms with Crippen molar-refractivity contribution >= 4 is 38.4 Å². The predicted octanol–water partition coefficient (Wildman–Crippen LogP) is 2.38. The summed E-state index contributed by atoms with van der Waals surface area (Å²) in [7, 11) is 0. The second-order valence-electron chi connectivity index (χ2n) is 5.02. The second kappa shape index (κ2) is 3.52. The molecule has 0 atom stereocenters. The van der Waals surface area contributed by atoms with Gasteiger partial charge in [0.25, 0.3) is 5.56 Å². The molecule has 0 bridgehead atoms. The van der Waals surface area contributed by atoms with Crippen LogP contribution in [0, 0.1) is 0 Å². The Labute approximate surface area is 117 Å². The maximum atomic E-state index is 12.8. The Morgan fingerprint density at radius 1 is 0.952 bits per heavy atom. The predicted molar refractivity (Wildman–Crippen MR) is 80.8 cm³/mol. The molecule has 0 fully saturated rings. The van der Waals surface area contributed by atoms with Gasteiger partial charge in [0.2, 0.25) is 0 Å². The van der Waals surface area contributed by atoms with Crippen LogP contribution >= 0.6 is 0 Å². The minimum atomic E-state index is -0.0875. The van der Waals surface area contributed by atoms with Crippen molar-refractivity contribution in [2.75, 3.05) is 0 Å². The number of benzene rings is 2. The van der Waals surface area contributed by atoms with E-state index in [9.17, 15) is 4.79 Å². The molecule has 3 heterocycles. The number of imidazole rings is 1. The average molecular weight is 272 g/mol. The van der Waals surface area contributed by atoms with Crippen LogP contribution < -0.4 is 5.56 Å². The maximum Gasteiger partial charge on any atom is 0.265 e. The molecule has 21 heavy (non-hydrogen) atoms. The summed E-state index contributed by atoms with van der Waals surface area (Å²) < 4.78 is 1.58. The SMILES string of the molecule is O=c1c2cccc3cccc(c32)c2nc3cncnc3n12. The minimum Gasteiger partial charge on any atom is -0.268 e. The van der Waals surface area contributed by atoms with Gasteiger partial charge in [-0.15, -0.1) is 0 Å². The number of hydrogen-bond acceptors (Lipinski definition) is 4. The second-order valence-corrected chi connectivity index (χ2v) is 5.02. The van der Waals surface area contributed by atoms with E-state index in [1.807, 2.05) is 36.4 Å². The first-order chi connectivity index (χ1) is 10.3. The number of pyridine rings is 1. The number of hydrogen-bond donors (Lipinski definition) is 0. The van der Waals surface area contributed by atoms with Gasteiger partial charge in [0, 0.05) is 16.2 Å². The molecule has 5 nitrogen and oxygen atoms in total. The van der Waals surface area contributed by atoms with Crippen LogP contribution in [0.3, 0.4) is 0 Å². The van der Waals surface area contributed by atoms with Gasteiger partial charge in [-0.05, 0) is 11.5 Å². The normalized spacial score (nSPS) is 12.0. The molecule has 0 aliphatic heterocycles. The highest BCUT2D eigenvalue weighted by Gasteiger charge is 2.15. The zero-order valence-electron chi connectivity index (χ0n) is 10.8. The fourth-order valence-electron chi connectivity index (χ4n) is 3.03. The third-order valence-corrected chi connectivity index (χ3v) is 3.90. The summed E-state index contributed by atoms with van der Waals surface area (Å²) in [4.78, 5) is 25.6. The fraction of sp³-hybridized carbons (Fsp3) is 0. The van der Waals surface area contributed by atoms with Gasteiger partial charge >= 0.3 is 0 Å². The molecule has 0 aliphatic carbocycles. The highest BCUT2D eigenvalue weighted by Crippen LogP contribution is 2.28. The van der Waals surface area contributed by atoms with Gasteiger partial charge in [0.1, 0.15) is 17.5 Å². The van der Waals surface area contributed by atoms with Crippen molar-refractivity contribution in [1.82, 2.24) is 19.4 Å². The van der Waals surface area contributed by atoms with Crippen LogP contribution in [0.4, 0.5) is 0 Å². The van der Waals surface area contributed by atoms with Gasteiger partial charge < -0.3 is 0 Å². The van der Waals surface area contributed by atoms with Crippen molar-refractivity contribution in [2.45, 2.75) is 0 Å². The van der Waals surface area contributed by atoms with E-state index in [-0.39, 0.29) is 5.56 Å². The summed E-state index contributed by atoms with van der Waals surface area (Å²) in [6.45, 7) is 0. The molecule has 3 aromatic heterocycles. The summed E-state index contributed by atoms with van der Waals surface area (Å²) >= 11 is 0. The van der Waals surface area contributed by atoms with Gasteiger partial charge in [0.05, 0.1) is 6.20 Å². The highest BCUT2D eigenvalue weighted by molar-refractivity contribution is 6.15. The van der Waals surface area contributed by atoms with Gasteiger partial charge in [-0.1, -0.05) is 30.3 Å². The van der Waals surface area contributed by atoms with Crippen LogP contribution in [0.25, 0.3) is 38.4 Å². The zero-order valence-corrected chi connectivity index (χ0v) is 10.8. The molecular weight excluding hydrogens is 264 g/mol. The van der Waals surface area contributed by atoms with Crippen LogP contribution in [0.1, 0.15) is 0 Å². The molecule has 0 N–H and O–H groups in total. The Balaban J connectivity index is 2.27. The minimum absolute atomic E-state index is 0.0875. The maximum absolute atomic E-state index is 12.8. The van der Waals surface area contributed by atoms with E-state index >= 15 is 0 Å². The number of rotatable bonds is 0. The van der Waals surface area contributed by atoms with Crippen molar-refractivity contribution < 1.29 is 0 Å². The smallest absolute Gasteiger partial charge is 0.265 e. The highest BCUT2D eigenvalue weighted by atomic mass is 16.1. The third-order valence-electron chi connectivity index (χ3n) is 3.90. The number of fused-ring (bicyclic) bond motifs is 4. The van der Waals surface area contributed by atoms with E-state index in [0.717, 1.165) is 16.2 Å². The Hall–Kier alpha value is -3.08. The lowest BCUT2D eigenvalue weighted by Crippen LogP contribution is -2.13. The van der Waals surface area contributed by atoms with Crippen LogP contribution in [0.5, 0.6) is 0 Å². The molecule has 5 rings (SSSR count). The lowest BCUT2D eigenvalue weighted by Gasteiger charge is -2.06. The Morgan fingerprint density at radius 2 is 1.76 bits per heavy atom. The summed E-state index contributed by atoms with van der Waals surface area (Å²) in [5.41, 5.74) is 1.73. The molecule has 0 amide bonds. The van der Waals surface area contributed by atoms with Crippen molar-refractivity contribution in [3.05, 3.63) is 59.3 Å². The summed E-state index contributed by atoms with van der Waals surface area (Å²) in [6, 6.07) is 11.7. The fourth-order valence-corrected chi connectivity index (χ4v) is 3.03. The average Bonchev–Trinajstić information content (AvgIpc) is 2.92. The van der Waals surface area contributed by atoms with Gasteiger partial charge in [-0.2, -0.15) is 0 Å². The Bertz CT molecular complexity index is 1200. The van der Waals surface area contributed by atoms with Crippen molar-refractivity contribution in [1.29, 1.82) is 0 Å². The van der Waals surface area contributed by atoms with E-state index in [4.69, 9.17) is 0 Å². The molecule has 0 spiro atoms. The van der Waals surface area contributed by atoms with E-state index in [2.05, 4.69) is 15.0 Å². The van der Waals surface area contributed by atoms with Crippen LogP contribution in [-0.4, -0.2) is 19.4 Å². The third kappa shape index (κ3) is 1.20. The molecule has 5 aromatic rings. The molecule has 98 valence electrons. The lowest BCUT2D eigenvalue weighted by molar-refractivity contribution is 1.12. The van der Waals surface area contributed by atoms with Crippen LogP contribution in [0.2, 0.25) is 0 Å². The zero-order chi connectivity index (χ0) is 14.0. The molecular formula is C16H8N4O. The summed E-state index contributed by atoms with van der Waals surface area (Å²) in [5.74, 6) is 0. The number of nitrogens with zero attached hydrogens (tertiary/aromatic N) is 4.